The van der Waals surface area contributed by atoms with E-state index in [1.54, 1.807) is 27.7 Å². The second-order valence-electron chi connectivity index (χ2n) is 4.27. The average Bonchev–Trinajstić information content (AvgIpc) is 2.10. The van der Waals surface area contributed by atoms with Gasteiger partial charge in [-0.15, -0.1) is 0 Å². The van der Waals surface area contributed by atoms with Crippen molar-refractivity contribution >= 4 is 6.09 Å². The Balaban J connectivity index is 4.27. The highest BCUT2D eigenvalue weighted by molar-refractivity contribution is 5.68. The van der Waals surface area contributed by atoms with Crippen LogP contribution in [-0.2, 0) is 9.47 Å². The lowest BCUT2D eigenvalue weighted by Crippen LogP contribution is -2.43. The van der Waals surface area contributed by atoms with Crippen molar-refractivity contribution < 1.29 is 14.3 Å². The molecular formula is C9H18N4O3. The van der Waals surface area contributed by atoms with Crippen LogP contribution in [0, 0.1) is 0 Å². The summed E-state index contributed by atoms with van der Waals surface area (Å²) in [6, 6.07) is -0.462. The Labute approximate surface area is 94.7 Å². The van der Waals surface area contributed by atoms with Crippen molar-refractivity contribution in [3.05, 3.63) is 10.4 Å². The largest absolute Gasteiger partial charge is 0.444 e. The molecule has 0 aliphatic carbocycles. The second kappa shape index (κ2) is 6.19. The van der Waals surface area contributed by atoms with Crippen molar-refractivity contribution in [2.75, 3.05) is 7.11 Å². The number of methoxy groups -OCH3 is 1. The number of carbonyl (C=O) groups excluding carboxylic acids is 1. The molecule has 0 saturated heterocycles. The normalized spacial score (nSPS) is 14.6. The van der Waals surface area contributed by atoms with E-state index < -0.39 is 24.0 Å². The van der Waals surface area contributed by atoms with Crippen LogP contribution < -0.4 is 5.32 Å². The summed E-state index contributed by atoms with van der Waals surface area (Å²) in [4.78, 5) is 14.0. The fourth-order valence-electron chi connectivity index (χ4n) is 0.967. The van der Waals surface area contributed by atoms with E-state index in [1.807, 2.05) is 0 Å². The molecule has 2 atom stereocenters. The van der Waals surface area contributed by atoms with Gasteiger partial charge in [-0.3, -0.25) is 0 Å². The van der Waals surface area contributed by atoms with Crippen LogP contribution in [-0.4, -0.2) is 31.1 Å². The van der Waals surface area contributed by atoms with E-state index in [0.29, 0.717) is 0 Å². The molecule has 7 heteroatoms. The molecule has 0 saturated carbocycles. The van der Waals surface area contributed by atoms with Crippen LogP contribution in [0.1, 0.15) is 27.7 Å². The summed E-state index contributed by atoms with van der Waals surface area (Å²) < 4.78 is 9.93. The molecule has 0 radical (unpaired) electrons. The van der Waals surface area contributed by atoms with Gasteiger partial charge in [0.1, 0.15) is 5.60 Å². The van der Waals surface area contributed by atoms with Crippen LogP contribution in [0.3, 0.4) is 0 Å². The van der Waals surface area contributed by atoms with Crippen LogP contribution >= 0.6 is 0 Å². The first-order valence-corrected chi connectivity index (χ1v) is 4.86. The number of amides is 1. The Morgan fingerprint density at radius 3 is 2.44 bits per heavy atom. The van der Waals surface area contributed by atoms with Crippen molar-refractivity contribution in [1.29, 1.82) is 0 Å². The van der Waals surface area contributed by atoms with E-state index in [0.717, 1.165) is 0 Å². The number of nitrogens with one attached hydrogen (secondary N) is 1. The van der Waals surface area contributed by atoms with Crippen LogP contribution in [0.2, 0.25) is 0 Å². The number of rotatable bonds is 4. The Bertz CT molecular complexity index is 281. The first-order chi connectivity index (χ1) is 7.30. The SMILES string of the molecule is COC(N=[N+]=[N-])C(C)NC(=O)OC(C)(C)C. The Morgan fingerprint density at radius 1 is 1.50 bits per heavy atom. The third kappa shape index (κ3) is 6.10. The van der Waals surface area contributed by atoms with Gasteiger partial charge in [0.2, 0.25) is 0 Å². The summed E-state index contributed by atoms with van der Waals surface area (Å²) in [5, 5.41) is 5.90. The lowest BCUT2D eigenvalue weighted by molar-refractivity contribution is 0.0373. The zero-order valence-electron chi connectivity index (χ0n) is 10.2. The van der Waals surface area contributed by atoms with Crippen molar-refractivity contribution in [3.63, 3.8) is 0 Å². The molecule has 16 heavy (non-hydrogen) atoms. The average molecular weight is 230 g/mol. The highest BCUT2D eigenvalue weighted by atomic mass is 16.6. The van der Waals surface area contributed by atoms with Crippen LogP contribution in [0.25, 0.3) is 10.4 Å². The fourth-order valence-corrected chi connectivity index (χ4v) is 0.967. The summed E-state index contributed by atoms with van der Waals surface area (Å²) in [5.74, 6) is 0. The lowest BCUT2D eigenvalue weighted by atomic mass is 10.2. The van der Waals surface area contributed by atoms with Crippen LogP contribution in [0.4, 0.5) is 4.79 Å². The quantitative estimate of drug-likeness (QED) is 0.455. The topological polar surface area (TPSA) is 96.3 Å². The minimum absolute atomic E-state index is 0.462. The van der Waals surface area contributed by atoms with Gasteiger partial charge in [-0.1, -0.05) is 5.11 Å². The number of alkyl carbamates (subject to hydrolysis) is 1. The first kappa shape index (κ1) is 14.5. The van der Waals surface area contributed by atoms with E-state index in [-0.39, 0.29) is 0 Å². The molecule has 0 aliphatic heterocycles. The molecule has 0 fully saturated rings. The molecule has 2 unspecified atom stereocenters. The Morgan fingerprint density at radius 2 is 2.06 bits per heavy atom. The predicted octanol–water partition coefficient (Wildman–Crippen LogP) is 2.18. The molecule has 0 rings (SSSR count). The van der Waals surface area contributed by atoms with Gasteiger partial charge >= 0.3 is 6.09 Å². The molecule has 0 aromatic heterocycles. The molecule has 7 nitrogen and oxygen atoms in total. The molecule has 0 aromatic carbocycles. The van der Waals surface area contributed by atoms with Gasteiger partial charge in [0.25, 0.3) is 0 Å². The van der Waals surface area contributed by atoms with E-state index in [9.17, 15) is 4.79 Å². The molecule has 92 valence electrons. The standard InChI is InChI=1S/C9H18N4O3/c1-6(7(15-5)12-13-10)11-8(14)16-9(2,3)4/h6-7H,1-5H3,(H,11,14). The third-order valence-electron chi connectivity index (χ3n) is 1.58. The van der Waals surface area contributed by atoms with Crippen LogP contribution in [0.5, 0.6) is 0 Å². The van der Waals surface area contributed by atoms with E-state index >= 15 is 0 Å². The highest BCUT2D eigenvalue weighted by Crippen LogP contribution is 2.08. The van der Waals surface area contributed by atoms with E-state index in [1.165, 1.54) is 7.11 Å². The van der Waals surface area contributed by atoms with Gasteiger partial charge in [0.15, 0.2) is 6.23 Å². The number of hydrogen-bond acceptors (Lipinski definition) is 4. The summed E-state index contributed by atoms with van der Waals surface area (Å²) in [7, 11) is 1.40. The zero-order chi connectivity index (χ0) is 12.8. The maximum Gasteiger partial charge on any atom is 0.407 e. The van der Waals surface area contributed by atoms with Gasteiger partial charge in [0.05, 0.1) is 6.04 Å². The first-order valence-electron chi connectivity index (χ1n) is 4.86. The molecule has 0 spiro atoms. The van der Waals surface area contributed by atoms with Gasteiger partial charge in [0, 0.05) is 12.0 Å². The van der Waals surface area contributed by atoms with Crippen molar-refractivity contribution in [1.82, 2.24) is 5.32 Å². The van der Waals surface area contributed by atoms with Gasteiger partial charge < -0.3 is 14.8 Å². The molecule has 0 bridgehead atoms. The number of hydrogen-bond donors (Lipinski definition) is 1. The van der Waals surface area contributed by atoms with Crippen molar-refractivity contribution in [2.45, 2.75) is 45.6 Å². The van der Waals surface area contributed by atoms with Crippen LogP contribution in [0.15, 0.2) is 5.11 Å². The maximum absolute atomic E-state index is 11.4. The summed E-state index contributed by atoms with van der Waals surface area (Å²) >= 11 is 0. The number of nitrogens with zero attached hydrogens (tertiary/aromatic N) is 3. The minimum Gasteiger partial charge on any atom is -0.444 e. The number of azide groups is 1. The minimum atomic E-state index is -0.752. The molecule has 0 aliphatic rings. The molecular weight excluding hydrogens is 212 g/mol. The zero-order valence-corrected chi connectivity index (χ0v) is 10.2. The smallest absolute Gasteiger partial charge is 0.407 e. The number of carbonyl (C=O) groups is 1. The molecule has 0 aromatic rings. The third-order valence-corrected chi connectivity index (χ3v) is 1.58. The molecule has 0 heterocycles. The summed E-state index contributed by atoms with van der Waals surface area (Å²) in [6.07, 6.45) is -1.33. The lowest BCUT2D eigenvalue weighted by Gasteiger charge is -2.23. The molecule has 1 amide bonds. The summed E-state index contributed by atoms with van der Waals surface area (Å²) in [5.41, 5.74) is 7.71. The van der Waals surface area contributed by atoms with Gasteiger partial charge in [-0.25, -0.2) is 4.79 Å². The number of ether oxygens (including phenoxy) is 2. The second-order valence-corrected chi connectivity index (χ2v) is 4.27. The molecule has 1 N–H and O–H groups in total. The van der Waals surface area contributed by atoms with Crippen molar-refractivity contribution in [2.24, 2.45) is 5.11 Å². The van der Waals surface area contributed by atoms with Crippen molar-refractivity contribution in [3.8, 4) is 0 Å². The highest BCUT2D eigenvalue weighted by Gasteiger charge is 2.21. The fraction of sp³-hybridized carbons (Fsp3) is 0.889. The van der Waals surface area contributed by atoms with E-state index in [4.69, 9.17) is 15.0 Å². The van der Waals surface area contributed by atoms with Gasteiger partial charge in [-0.05, 0) is 33.2 Å². The summed E-state index contributed by atoms with van der Waals surface area (Å²) in [6.45, 7) is 6.95. The van der Waals surface area contributed by atoms with E-state index in [2.05, 4.69) is 15.3 Å². The predicted molar refractivity (Wildman–Crippen MR) is 58.8 cm³/mol. The van der Waals surface area contributed by atoms with Gasteiger partial charge in [-0.2, -0.15) is 0 Å². The maximum atomic E-state index is 11.4. The Kier molecular flexibility index (Phi) is 5.63. The Hall–Kier alpha value is -1.46. The monoisotopic (exact) mass is 230 g/mol.